The van der Waals surface area contributed by atoms with Crippen molar-refractivity contribution >= 4 is 23.7 Å². The molecule has 0 heterocycles. The Hall–Kier alpha value is -3.14. The minimum Gasteiger partial charge on any atom is -0.467 e. The van der Waals surface area contributed by atoms with Gasteiger partial charge in [-0.2, -0.15) is 0 Å². The van der Waals surface area contributed by atoms with E-state index in [9.17, 15) is 9.59 Å². The molecule has 0 N–H and O–H groups in total. The summed E-state index contributed by atoms with van der Waals surface area (Å²) in [5, 5.41) is 2.57. The molecule has 0 aliphatic heterocycles. The minimum atomic E-state index is -0.0633. The molecule has 0 saturated heterocycles. The van der Waals surface area contributed by atoms with Crippen molar-refractivity contribution in [2.75, 3.05) is 13.2 Å². The number of carbonyl (C=O) groups excluding carboxylic acids is 2. The van der Waals surface area contributed by atoms with Crippen LogP contribution in [0, 0.1) is 17.8 Å². The van der Waals surface area contributed by atoms with E-state index >= 15 is 0 Å². The molecule has 1 aliphatic rings. The van der Waals surface area contributed by atoms with Crippen molar-refractivity contribution in [3.63, 3.8) is 0 Å². The summed E-state index contributed by atoms with van der Waals surface area (Å²) in [5.41, 5.74) is 4.92. The van der Waals surface area contributed by atoms with Gasteiger partial charge in [0.2, 0.25) is 0 Å². The molecule has 0 radical (unpaired) electrons. The van der Waals surface area contributed by atoms with Crippen LogP contribution >= 0.6 is 0 Å². The third-order valence-electron chi connectivity index (χ3n) is 8.51. The summed E-state index contributed by atoms with van der Waals surface area (Å²) in [4.78, 5) is 21.1. The summed E-state index contributed by atoms with van der Waals surface area (Å²) < 4.78 is 9.79. The largest absolute Gasteiger partial charge is 0.467 e. The van der Waals surface area contributed by atoms with Crippen molar-refractivity contribution in [3.8, 4) is 11.1 Å². The first kappa shape index (κ1) is 28.9. The van der Waals surface area contributed by atoms with Crippen LogP contribution in [0.3, 0.4) is 0 Å². The highest BCUT2D eigenvalue weighted by atomic mass is 16.5. The van der Waals surface area contributed by atoms with E-state index in [2.05, 4.69) is 67.6 Å². The molecule has 3 aromatic carbocycles. The van der Waals surface area contributed by atoms with Crippen LogP contribution in [0.15, 0.2) is 60.7 Å². The van der Waals surface area contributed by atoms with E-state index in [0.717, 1.165) is 17.4 Å². The molecule has 208 valence electrons. The lowest BCUT2D eigenvalue weighted by Gasteiger charge is -2.28. The average molecular weight is 529 g/mol. The zero-order chi connectivity index (χ0) is 27.3. The summed E-state index contributed by atoms with van der Waals surface area (Å²) in [7, 11) is 0. The molecule has 0 bridgehead atoms. The summed E-state index contributed by atoms with van der Waals surface area (Å²) in [5.74, 6) is 1.91. The lowest BCUT2D eigenvalue weighted by Crippen LogP contribution is -2.18. The smallest absolute Gasteiger partial charge is 0.293 e. The van der Waals surface area contributed by atoms with Gasteiger partial charge in [-0.25, -0.2) is 0 Å². The van der Waals surface area contributed by atoms with E-state index in [0.29, 0.717) is 19.4 Å². The first-order valence-corrected chi connectivity index (χ1v) is 14.9. The zero-order valence-electron chi connectivity index (χ0n) is 23.5. The van der Waals surface area contributed by atoms with Gasteiger partial charge in [-0.3, -0.25) is 9.59 Å². The quantitative estimate of drug-likeness (QED) is 0.138. The maximum atomic E-state index is 10.6. The highest BCUT2D eigenvalue weighted by molar-refractivity contribution is 5.87. The van der Waals surface area contributed by atoms with Gasteiger partial charge in [-0.05, 0) is 70.2 Å². The van der Waals surface area contributed by atoms with Gasteiger partial charge in [-0.1, -0.05) is 113 Å². The van der Waals surface area contributed by atoms with Crippen LogP contribution in [0.5, 0.6) is 0 Å². The number of hydrogen-bond acceptors (Lipinski definition) is 4. The van der Waals surface area contributed by atoms with Crippen molar-refractivity contribution in [1.82, 2.24) is 0 Å². The SMILES string of the molecule is CCCC1CCC(CCCCc2ccc3cc(-c4ccc(CC(COC=O)COC=O)cc4)ccc3c2)CC1. The summed E-state index contributed by atoms with van der Waals surface area (Å²) in [6, 6.07) is 22.1. The molecular formula is C35H44O4. The van der Waals surface area contributed by atoms with Crippen LogP contribution in [0.4, 0.5) is 0 Å². The van der Waals surface area contributed by atoms with Gasteiger partial charge in [0.1, 0.15) is 0 Å². The topological polar surface area (TPSA) is 52.6 Å². The van der Waals surface area contributed by atoms with Crippen molar-refractivity contribution < 1.29 is 19.1 Å². The summed E-state index contributed by atoms with van der Waals surface area (Å²) >= 11 is 0. The second kappa shape index (κ2) is 15.5. The van der Waals surface area contributed by atoms with Crippen LogP contribution in [-0.4, -0.2) is 26.2 Å². The van der Waals surface area contributed by atoms with Crippen molar-refractivity contribution in [1.29, 1.82) is 0 Å². The highest BCUT2D eigenvalue weighted by Gasteiger charge is 2.20. The number of rotatable bonds is 16. The maximum absolute atomic E-state index is 10.6. The predicted octanol–water partition coefficient (Wildman–Crippen LogP) is 8.33. The monoisotopic (exact) mass is 528 g/mol. The van der Waals surface area contributed by atoms with Crippen molar-refractivity contribution in [3.05, 3.63) is 71.8 Å². The van der Waals surface area contributed by atoms with Crippen LogP contribution in [-0.2, 0) is 31.9 Å². The fraction of sp³-hybridized carbons (Fsp3) is 0.486. The van der Waals surface area contributed by atoms with Gasteiger partial charge in [-0.15, -0.1) is 0 Å². The number of carbonyl (C=O) groups is 2. The highest BCUT2D eigenvalue weighted by Crippen LogP contribution is 2.34. The number of ether oxygens (including phenoxy) is 2. The molecule has 0 aromatic heterocycles. The molecule has 0 spiro atoms. The van der Waals surface area contributed by atoms with E-state index in [1.54, 1.807) is 0 Å². The fourth-order valence-corrected chi connectivity index (χ4v) is 6.29. The van der Waals surface area contributed by atoms with Crippen molar-refractivity contribution in [2.45, 2.75) is 77.6 Å². The Labute approximate surface area is 234 Å². The number of hydrogen-bond donors (Lipinski definition) is 0. The minimum absolute atomic E-state index is 0.0633. The van der Waals surface area contributed by atoms with E-state index in [-0.39, 0.29) is 19.1 Å². The molecule has 1 fully saturated rings. The zero-order valence-corrected chi connectivity index (χ0v) is 23.5. The first-order valence-electron chi connectivity index (χ1n) is 14.9. The Balaban J connectivity index is 1.28. The average Bonchev–Trinajstić information content (AvgIpc) is 2.97. The number of aryl methyl sites for hydroxylation is 1. The standard InChI is InChI=1S/C35H44O4/c1-2-5-27-8-10-28(11-9-27)6-3-4-7-29-14-17-35-22-34(19-18-33(35)21-29)32-15-12-30(13-16-32)20-31(23-38-25-36)24-39-26-37/h12-19,21-22,25-28,31H,2-11,20,23-24H2,1H3. The van der Waals surface area contributed by atoms with E-state index < -0.39 is 0 Å². The summed E-state index contributed by atoms with van der Waals surface area (Å²) in [6.07, 6.45) is 14.5. The number of unbranched alkanes of at least 4 members (excludes halogenated alkanes) is 1. The van der Waals surface area contributed by atoms with Gasteiger partial charge < -0.3 is 9.47 Å². The second-order valence-corrected chi connectivity index (χ2v) is 11.4. The molecule has 39 heavy (non-hydrogen) atoms. The molecule has 4 nitrogen and oxygen atoms in total. The number of fused-ring (bicyclic) bond motifs is 1. The van der Waals surface area contributed by atoms with Gasteiger partial charge in [0.25, 0.3) is 12.9 Å². The van der Waals surface area contributed by atoms with Gasteiger partial charge in [0.05, 0.1) is 13.2 Å². The third-order valence-corrected chi connectivity index (χ3v) is 8.51. The molecule has 4 rings (SSSR count). The van der Waals surface area contributed by atoms with Gasteiger partial charge in [0.15, 0.2) is 0 Å². The molecule has 1 saturated carbocycles. The van der Waals surface area contributed by atoms with Crippen LogP contribution in [0.25, 0.3) is 21.9 Å². The molecule has 1 aliphatic carbocycles. The molecule has 0 unspecified atom stereocenters. The normalized spacial score (nSPS) is 17.3. The van der Waals surface area contributed by atoms with E-state index in [1.165, 1.54) is 91.7 Å². The van der Waals surface area contributed by atoms with Crippen LogP contribution in [0.2, 0.25) is 0 Å². The van der Waals surface area contributed by atoms with Crippen molar-refractivity contribution in [2.24, 2.45) is 17.8 Å². The molecule has 0 atom stereocenters. The van der Waals surface area contributed by atoms with Crippen LogP contribution in [0.1, 0.15) is 75.8 Å². The van der Waals surface area contributed by atoms with Gasteiger partial charge in [0, 0.05) is 5.92 Å². The fourth-order valence-electron chi connectivity index (χ4n) is 6.29. The second-order valence-electron chi connectivity index (χ2n) is 11.4. The van der Waals surface area contributed by atoms with E-state index in [4.69, 9.17) is 9.47 Å². The lowest BCUT2D eigenvalue weighted by atomic mass is 9.78. The number of benzene rings is 3. The van der Waals surface area contributed by atoms with Gasteiger partial charge >= 0.3 is 0 Å². The molecule has 3 aromatic rings. The Morgan fingerprint density at radius 2 is 1.31 bits per heavy atom. The predicted molar refractivity (Wildman–Crippen MR) is 159 cm³/mol. The summed E-state index contributed by atoms with van der Waals surface area (Å²) in [6.45, 7) is 3.64. The third kappa shape index (κ3) is 8.95. The molecule has 0 amide bonds. The molecular weight excluding hydrogens is 484 g/mol. The Morgan fingerprint density at radius 3 is 1.97 bits per heavy atom. The first-order chi connectivity index (χ1) is 19.2. The Bertz CT molecular complexity index is 1150. The lowest BCUT2D eigenvalue weighted by molar-refractivity contribution is -0.133. The Kier molecular flexibility index (Phi) is 11.4. The van der Waals surface area contributed by atoms with Crippen LogP contribution < -0.4 is 0 Å². The Morgan fingerprint density at radius 1 is 0.718 bits per heavy atom. The molecule has 4 heteroatoms. The maximum Gasteiger partial charge on any atom is 0.293 e. The van der Waals surface area contributed by atoms with E-state index in [1.807, 2.05) is 0 Å².